The Balaban J connectivity index is 1.40. The number of hydrogen-bond acceptors (Lipinski definition) is 7. The van der Waals surface area contributed by atoms with Crippen LogP contribution in [-0.4, -0.2) is 48.0 Å². The fourth-order valence-electron chi connectivity index (χ4n) is 6.03. The zero-order valence-electron chi connectivity index (χ0n) is 22.1. The number of rotatable bonds is 9. The molecule has 2 amide bonds. The van der Waals surface area contributed by atoms with Crippen LogP contribution in [-0.2, 0) is 16.0 Å². The van der Waals surface area contributed by atoms with Crippen LogP contribution in [0.15, 0.2) is 30.5 Å². The first-order valence-electron chi connectivity index (χ1n) is 13.5. The average Bonchev–Trinajstić information content (AvgIpc) is 3.48. The number of carbonyl (C=O) groups is 2. The third-order valence-corrected chi connectivity index (χ3v) is 8.05. The molecule has 202 valence electrons. The number of halogens is 1. The molecule has 0 saturated heterocycles. The molecule has 38 heavy (non-hydrogen) atoms. The van der Waals surface area contributed by atoms with E-state index in [1.165, 1.54) is 0 Å². The van der Waals surface area contributed by atoms with Crippen LogP contribution in [0.5, 0.6) is 5.75 Å². The van der Waals surface area contributed by atoms with Crippen LogP contribution < -0.4 is 25.6 Å². The molecule has 3 N–H and O–H groups in total. The molecular formula is C28H35ClN6O3. The Kier molecular flexibility index (Phi) is 7.74. The summed E-state index contributed by atoms with van der Waals surface area (Å²) in [5, 5.41) is 10.2. The molecule has 4 unspecified atom stereocenters. The molecule has 4 atom stereocenters. The molecule has 2 aliphatic carbocycles. The SMILES string of the molecule is CCCNC(=O)C1C2C=CC(C2)C1Nc1nc(Nc2ccc3c(c2OC)CCCC(=O)N3CC)ncc1Cl. The number of anilines is 4. The maximum Gasteiger partial charge on any atom is 0.229 e. The first-order chi connectivity index (χ1) is 18.4. The van der Waals surface area contributed by atoms with Gasteiger partial charge >= 0.3 is 0 Å². The normalized spacial score (nSPS) is 23.7. The van der Waals surface area contributed by atoms with E-state index in [2.05, 4.69) is 38.1 Å². The van der Waals surface area contributed by atoms with Gasteiger partial charge < -0.3 is 25.6 Å². The highest BCUT2D eigenvalue weighted by Gasteiger charge is 2.48. The number of nitrogens with zero attached hydrogens (tertiary/aromatic N) is 3. The van der Waals surface area contributed by atoms with Crippen LogP contribution >= 0.6 is 11.6 Å². The maximum absolute atomic E-state index is 13.0. The number of amides is 2. The van der Waals surface area contributed by atoms with Crippen LogP contribution in [0, 0.1) is 17.8 Å². The highest BCUT2D eigenvalue weighted by atomic mass is 35.5. The molecule has 3 aliphatic rings. The predicted molar refractivity (Wildman–Crippen MR) is 149 cm³/mol. The number of benzene rings is 1. The molecular weight excluding hydrogens is 504 g/mol. The summed E-state index contributed by atoms with van der Waals surface area (Å²) in [7, 11) is 1.63. The quantitative estimate of drug-likeness (QED) is 0.397. The van der Waals surface area contributed by atoms with E-state index in [4.69, 9.17) is 16.3 Å². The fourth-order valence-corrected chi connectivity index (χ4v) is 6.17. The molecule has 1 saturated carbocycles. The standard InChI is InChI=1S/C28H35ClN6O3/c1-4-13-30-27(37)23-16-9-10-17(14-16)24(23)33-26-19(29)15-31-28(34-26)32-20-11-12-21-18(25(20)38-3)7-6-8-22(36)35(21)5-2/h9-12,15-17,23-24H,4-8,13-14H2,1-3H3,(H,30,37)(H2,31,32,33,34). The monoisotopic (exact) mass is 538 g/mol. The number of carbonyl (C=O) groups excluding carboxylic acids is 2. The number of allylic oxidation sites excluding steroid dienone is 1. The van der Waals surface area contributed by atoms with E-state index in [0.29, 0.717) is 47.7 Å². The second-order valence-corrected chi connectivity index (χ2v) is 10.5. The molecule has 1 aliphatic heterocycles. The number of methoxy groups -OCH3 is 1. The zero-order valence-corrected chi connectivity index (χ0v) is 22.8. The number of ether oxygens (including phenoxy) is 1. The van der Waals surface area contributed by atoms with E-state index < -0.39 is 0 Å². The van der Waals surface area contributed by atoms with E-state index in [9.17, 15) is 9.59 Å². The van der Waals surface area contributed by atoms with Gasteiger partial charge in [-0.25, -0.2) is 4.98 Å². The lowest BCUT2D eigenvalue weighted by molar-refractivity contribution is -0.126. The van der Waals surface area contributed by atoms with Gasteiger partial charge in [0.15, 0.2) is 5.82 Å². The molecule has 2 heterocycles. The first kappa shape index (κ1) is 26.3. The summed E-state index contributed by atoms with van der Waals surface area (Å²) in [5.74, 6) is 2.00. The van der Waals surface area contributed by atoms with Crippen LogP contribution in [0.2, 0.25) is 5.02 Å². The topological polar surface area (TPSA) is 108 Å². The van der Waals surface area contributed by atoms with Crippen LogP contribution in [0.4, 0.5) is 23.1 Å². The van der Waals surface area contributed by atoms with Crippen molar-refractivity contribution >= 4 is 46.6 Å². The lowest BCUT2D eigenvalue weighted by Crippen LogP contribution is -2.43. The molecule has 5 rings (SSSR count). The van der Waals surface area contributed by atoms with Crippen LogP contribution in [0.25, 0.3) is 0 Å². The number of aromatic nitrogens is 2. The lowest BCUT2D eigenvalue weighted by atomic mass is 9.88. The van der Waals surface area contributed by atoms with Gasteiger partial charge in [0.05, 0.1) is 30.6 Å². The fraction of sp³-hybridized carbons (Fsp3) is 0.500. The Morgan fingerprint density at radius 1 is 1.21 bits per heavy atom. The minimum atomic E-state index is -0.173. The summed E-state index contributed by atoms with van der Waals surface area (Å²) >= 11 is 6.51. The van der Waals surface area contributed by atoms with Crippen molar-refractivity contribution in [3.8, 4) is 5.75 Å². The van der Waals surface area contributed by atoms with E-state index in [-0.39, 0.29) is 35.6 Å². The number of nitrogens with one attached hydrogen (secondary N) is 3. The summed E-state index contributed by atoms with van der Waals surface area (Å²) < 4.78 is 5.82. The number of fused-ring (bicyclic) bond motifs is 3. The Hall–Kier alpha value is -3.33. The largest absolute Gasteiger partial charge is 0.494 e. The van der Waals surface area contributed by atoms with Gasteiger partial charge in [0.2, 0.25) is 17.8 Å². The van der Waals surface area contributed by atoms with Crippen molar-refractivity contribution < 1.29 is 14.3 Å². The second-order valence-electron chi connectivity index (χ2n) is 10.1. The van der Waals surface area contributed by atoms with E-state index in [1.807, 2.05) is 30.9 Å². The van der Waals surface area contributed by atoms with Crippen molar-refractivity contribution in [2.75, 3.05) is 35.7 Å². The highest BCUT2D eigenvalue weighted by Crippen LogP contribution is 2.46. The summed E-state index contributed by atoms with van der Waals surface area (Å²) in [6.45, 7) is 5.29. The first-order valence-corrected chi connectivity index (χ1v) is 13.8. The summed E-state index contributed by atoms with van der Waals surface area (Å²) in [6.07, 6.45) is 9.76. The van der Waals surface area contributed by atoms with Crippen molar-refractivity contribution in [2.24, 2.45) is 17.8 Å². The third kappa shape index (κ3) is 4.91. The van der Waals surface area contributed by atoms with Crippen molar-refractivity contribution in [1.82, 2.24) is 15.3 Å². The Labute approximate surface area is 228 Å². The average molecular weight is 539 g/mol. The van der Waals surface area contributed by atoms with E-state index >= 15 is 0 Å². The molecule has 0 spiro atoms. The van der Waals surface area contributed by atoms with E-state index in [0.717, 1.165) is 36.9 Å². The minimum Gasteiger partial charge on any atom is -0.494 e. The van der Waals surface area contributed by atoms with Crippen molar-refractivity contribution in [3.05, 3.63) is 41.1 Å². The van der Waals surface area contributed by atoms with Gasteiger partial charge in [0.1, 0.15) is 10.8 Å². The van der Waals surface area contributed by atoms with Crippen molar-refractivity contribution in [3.63, 3.8) is 0 Å². The van der Waals surface area contributed by atoms with Crippen molar-refractivity contribution in [2.45, 2.75) is 52.0 Å². The van der Waals surface area contributed by atoms with Gasteiger partial charge in [0, 0.05) is 31.1 Å². The molecule has 1 fully saturated rings. The van der Waals surface area contributed by atoms with Gasteiger partial charge in [-0.05, 0) is 56.6 Å². The number of hydrogen-bond donors (Lipinski definition) is 3. The van der Waals surface area contributed by atoms with E-state index in [1.54, 1.807) is 13.3 Å². The van der Waals surface area contributed by atoms with Gasteiger partial charge in [-0.2, -0.15) is 4.98 Å². The Bertz CT molecular complexity index is 1250. The van der Waals surface area contributed by atoms with Gasteiger partial charge in [0.25, 0.3) is 0 Å². The lowest BCUT2D eigenvalue weighted by Gasteiger charge is -2.29. The van der Waals surface area contributed by atoms with Gasteiger partial charge in [-0.1, -0.05) is 30.7 Å². The summed E-state index contributed by atoms with van der Waals surface area (Å²) in [5.41, 5.74) is 2.59. The highest BCUT2D eigenvalue weighted by molar-refractivity contribution is 6.32. The summed E-state index contributed by atoms with van der Waals surface area (Å²) in [4.78, 5) is 36.4. The molecule has 2 aromatic rings. The molecule has 1 aromatic heterocycles. The molecule has 10 heteroatoms. The van der Waals surface area contributed by atoms with Gasteiger partial charge in [-0.15, -0.1) is 0 Å². The minimum absolute atomic E-state index is 0.0686. The van der Waals surface area contributed by atoms with Crippen LogP contribution in [0.1, 0.15) is 45.1 Å². The van der Waals surface area contributed by atoms with Gasteiger partial charge in [-0.3, -0.25) is 9.59 Å². The second kappa shape index (κ2) is 11.2. The Morgan fingerprint density at radius 2 is 2.03 bits per heavy atom. The molecule has 9 nitrogen and oxygen atoms in total. The Morgan fingerprint density at radius 3 is 2.79 bits per heavy atom. The third-order valence-electron chi connectivity index (χ3n) is 7.77. The summed E-state index contributed by atoms with van der Waals surface area (Å²) in [6, 6.07) is 3.74. The van der Waals surface area contributed by atoms with Crippen LogP contribution in [0.3, 0.4) is 0 Å². The smallest absolute Gasteiger partial charge is 0.229 e. The maximum atomic E-state index is 13.0. The zero-order chi connectivity index (χ0) is 26.8. The predicted octanol–water partition coefficient (Wildman–Crippen LogP) is 4.70. The molecule has 1 aromatic carbocycles. The molecule has 2 bridgehead atoms. The van der Waals surface area contributed by atoms with Crippen molar-refractivity contribution in [1.29, 1.82) is 0 Å². The molecule has 0 radical (unpaired) electrons.